The second-order valence-electron chi connectivity index (χ2n) is 5.32. The molecule has 0 unspecified atom stereocenters. The van der Waals surface area contributed by atoms with Gasteiger partial charge in [-0.05, 0) is 40.4 Å². The van der Waals surface area contributed by atoms with Crippen molar-refractivity contribution in [2.45, 2.75) is 34.1 Å². The van der Waals surface area contributed by atoms with Gasteiger partial charge in [0.25, 0.3) is 0 Å². The van der Waals surface area contributed by atoms with Crippen LogP contribution in [0.25, 0.3) is 0 Å². The fraction of sp³-hybridized carbons (Fsp3) is 0.462. The highest BCUT2D eigenvalue weighted by molar-refractivity contribution is 9.10. The second-order valence-corrected chi connectivity index (χ2v) is 6.17. The number of halogens is 2. The van der Waals surface area contributed by atoms with Crippen LogP contribution in [0.15, 0.2) is 16.6 Å². The number of carbonyl (C=O) groups excluding carboxylic acids is 1. The Morgan fingerprint density at radius 3 is 2.53 bits per heavy atom. The highest BCUT2D eigenvalue weighted by Gasteiger charge is 2.17. The molecule has 1 N–H and O–H groups in total. The van der Waals surface area contributed by atoms with E-state index in [0.29, 0.717) is 22.1 Å². The first-order valence-corrected chi connectivity index (χ1v) is 6.24. The molecule has 94 valence electrons. The van der Waals surface area contributed by atoms with E-state index in [9.17, 15) is 9.18 Å². The van der Waals surface area contributed by atoms with E-state index in [1.54, 1.807) is 19.1 Å². The number of hydrogen-bond donors (Lipinski definition) is 1. The molecule has 0 saturated carbocycles. The molecular formula is C13H17BrFNO. The minimum absolute atomic E-state index is 0.0775. The maximum Gasteiger partial charge on any atom is 0.224 e. The van der Waals surface area contributed by atoms with Gasteiger partial charge in [-0.3, -0.25) is 4.79 Å². The van der Waals surface area contributed by atoms with Crippen LogP contribution in [0.4, 0.5) is 10.1 Å². The van der Waals surface area contributed by atoms with Crippen molar-refractivity contribution < 1.29 is 9.18 Å². The van der Waals surface area contributed by atoms with Crippen LogP contribution in [-0.4, -0.2) is 5.91 Å². The van der Waals surface area contributed by atoms with Gasteiger partial charge in [-0.25, -0.2) is 4.39 Å². The van der Waals surface area contributed by atoms with Crippen LogP contribution in [0.3, 0.4) is 0 Å². The third-order valence-corrected chi connectivity index (χ3v) is 2.92. The summed E-state index contributed by atoms with van der Waals surface area (Å²) in [5.74, 6) is -0.430. The number of hydrogen-bond acceptors (Lipinski definition) is 1. The Balaban J connectivity index is 2.83. The largest absolute Gasteiger partial charge is 0.326 e. The zero-order chi connectivity index (χ0) is 13.2. The molecule has 4 heteroatoms. The first kappa shape index (κ1) is 14.2. The summed E-state index contributed by atoms with van der Waals surface area (Å²) in [5.41, 5.74) is 0.896. The van der Waals surface area contributed by atoms with Crippen LogP contribution in [0.2, 0.25) is 0 Å². The Bertz CT molecular complexity index is 438. The lowest BCUT2D eigenvalue weighted by Gasteiger charge is -2.18. The predicted octanol–water partition coefficient (Wildman–Crippen LogP) is 4.27. The normalized spacial score (nSPS) is 11.4. The number of amides is 1. The van der Waals surface area contributed by atoms with E-state index < -0.39 is 0 Å². The van der Waals surface area contributed by atoms with Crippen molar-refractivity contribution in [2.24, 2.45) is 5.41 Å². The van der Waals surface area contributed by atoms with Crippen molar-refractivity contribution in [3.8, 4) is 0 Å². The average Bonchev–Trinajstić information content (AvgIpc) is 2.16. The Hall–Kier alpha value is -0.900. The lowest BCUT2D eigenvalue weighted by molar-refractivity contribution is -0.117. The van der Waals surface area contributed by atoms with E-state index in [1.807, 2.05) is 20.8 Å². The Kier molecular flexibility index (Phi) is 4.31. The van der Waals surface area contributed by atoms with Gasteiger partial charge in [0.05, 0.1) is 4.47 Å². The second kappa shape index (κ2) is 5.17. The van der Waals surface area contributed by atoms with Crippen LogP contribution in [-0.2, 0) is 4.79 Å². The Labute approximate surface area is 110 Å². The van der Waals surface area contributed by atoms with Gasteiger partial charge in [0.1, 0.15) is 5.82 Å². The standard InChI is InChI=1S/C13H17BrFNO/c1-8-10(6-5-9(14)12(8)15)16-11(17)7-13(2,3)4/h5-6H,7H2,1-4H3,(H,16,17). The van der Waals surface area contributed by atoms with Gasteiger partial charge in [0.2, 0.25) is 5.91 Å². The van der Waals surface area contributed by atoms with E-state index in [0.717, 1.165) is 0 Å². The van der Waals surface area contributed by atoms with Crippen molar-refractivity contribution in [1.29, 1.82) is 0 Å². The van der Waals surface area contributed by atoms with E-state index in [4.69, 9.17) is 0 Å². The Morgan fingerprint density at radius 2 is 2.00 bits per heavy atom. The van der Waals surface area contributed by atoms with Gasteiger partial charge in [-0.1, -0.05) is 20.8 Å². The molecule has 0 aliphatic rings. The fourth-order valence-corrected chi connectivity index (χ4v) is 1.89. The maximum atomic E-state index is 13.6. The van der Waals surface area contributed by atoms with Crippen molar-refractivity contribution in [3.05, 3.63) is 28.0 Å². The van der Waals surface area contributed by atoms with E-state index in [-0.39, 0.29) is 17.1 Å². The molecule has 0 radical (unpaired) electrons. The van der Waals surface area contributed by atoms with Crippen LogP contribution in [0, 0.1) is 18.2 Å². The topological polar surface area (TPSA) is 29.1 Å². The van der Waals surface area contributed by atoms with Gasteiger partial charge in [0, 0.05) is 17.7 Å². The quantitative estimate of drug-likeness (QED) is 0.868. The van der Waals surface area contributed by atoms with Crippen molar-refractivity contribution in [1.82, 2.24) is 0 Å². The molecule has 0 saturated heterocycles. The van der Waals surface area contributed by atoms with Crippen molar-refractivity contribution >= 4 is 27.5 Å². The first-order chi connectivity index (χ1) is 7.70. The van der Waals surface area contributed by atoms with Crippen LogP contribution in [0.5, 0.6) is 0 Å². The monoisotopic (exact) mass is 301 g/mol. The van der Waals surface area contributed by atoms with Crippen LogP contribution >= 0.6 is 15.9 Å². The molecule has 0 heterocycles. The molecule has 17 heavy (non-hydrogen) atoms. The summed E-state index contributed by atoms with van der Waals surface area (Å²) in [6, 6.07) is 3.29. The zero-order valence-electron chi connectivity index (χ0n) is 10.5. The summed E-state index contributed by atoms with van der Waals surface area (Å²) in [6.07, 6.45) is 0.407. The lowest BCUT2D eigenvalue weighted by Crippen LogP contribution is -2.20. The molecule has 0 spiro atoms. The van der Waals surface area contributed by atoms with E-state index >= 15 is 0 Å². The van der Waals surface area contributed by atoms with Crippen LogP contribution < -0.4 is 5.32 Å². The Morgan fingerprint density at radius 1 is 1.41 bits per heavy atom. The summed E-state index contributed by atoms with van der Waals surface area (Å²) in [5, 5.41) is 2.74. The van der Waals surface area contributed by atoms with Crippen molar-refractivity contribution in [3.63, 3.8) is 0 Å². The lowest BCUT2D eigenvalue weighted by atomic mass is 9.92. The smallest absolute Gasteiger partial charge is 0.224 e. The molecule has 2 nitrogen and oxygen atoms in total. The van der Waals surface area contributed by atoms with Gasteiger partial charge in [-0.2, -0.15) is 0 Å². The molecular weight excluding hydrogens is 285 g/mol. The zero-order valence-corrected chi connectivity index (χ0v) is 12.1. The molecule has 1 rings (SSSR count). The summed E-state index contributed by atoms with van der Waals surface area (Å²) in [6.45, 7) is 7.61. The van der Waals surface area contributed by atoms with Gasteiger partial charge in [0.15, 0.2) is 0 Å². The minimum Gasteiger partial charge on any atom is -0.326 e. The maximum absolute atomic E-state index is 13.6. The number of rotatable bonds is 2. The van der Waals surface area contributed by atoms with Crippen molar-refractivity contribution in [2.75, 3.05) is 5.32 Å². The first-order valence-electron chi connectivity index (χ1n) is 5.45. The van der Waals surface area contributed by atoms with E-state index in [1.165, 1.54) is 0 Å². The minimum atomic E-state index is -0.335. The highest BCUT2D eigenvalue weighted by Crippen LogP contribution is 2.26. The number of nitrogens with one attached hydrogen (secondary N) is 1. The summed E-state index contributed by atoms with van der Waals surface area (Å²) >= 11 is 3.11. The molecule has 0 aliphatic carbocycles. The molecule has 0 aromatic heterocycles. The molecule has 0 bridgehead atoms. The summed E-state index contributed by atoms with van der Waals surface area (Å²) in [7, 11) is 0. The van der Waals surface area contributed by atoms with Gasteiger partial charge < -0.3 is 5.32 Å². The number of carbonyl (C=O) groups is 1. The molecule has 0 fully saturated rings. The summed E-state index contributed by atoms with van der Waals surface area (Å²) < 4.78 is 14.0. The number of benzene rings is 1. The number of anilines is 1. The predicted molar refractivity (Wildman–Crippen MR) is 71.5 cm³/mol. The average molecular weight is 302 g/mol. The van der Waals surface area contributed by atoms with Crippen LogP contribution in [0.1, 0.15) is 32.8 Å². The SMILES string of the molecule is Cc1c(NC(=O)CC(C)(C)C)ccc(Br)c1F. The molecule has 0 aliphatic heterocycles. The van der Waals surface area contributed by atoms with E-state index in [2.05, 4.69) is 21.2 Å². The van der Waals surface area contributed by atoms with Gasteiger partial charge >= 0.3 is 0 Å². The third kappa shape index (κ3) is 4.11. The highest BCUT2D eigenvalue weighted by atomic mass is 79.9. The summed E-state index contributed by atoms with van der Waals surface area (Å²) in [4.78, 5) is 11.7. The molecule has 0 atom stereocenters. The molecule has 1 aromatic carbocycles. The molecule has 1 amide bonds. The molecule has 1 aromatic rings. The fourth-order valence-electron chi connectivity index (χ4n) is 1.46. The van der Waals surface area contributed by atoms with Gasteiger partial charge in [-0.15, -0.1) is 0 Å². The third-order valence-electron chi connectivity index (χ3n) is 2.30.